The van der Waals surface area contributed by atoms with Crippen LogP contribution in [0.1, 0.15) is 6.92 Å². The zero-order valence-electron chi connectivity index (χ0n) is 11.7. The van der Waals surface area contributed by atoms with E-state index in [9.17, 15) is 9.46 Å². The largest absolute Gasteiger partial charge is 0.341 e. The zero-order chi connectivity index (χ0) is 14.0. The van der Waals surface area contributed by atoms with Crippen LogP contribution in [-0.2, 0) is 9.09 Å². The molecule has 0 saturated carbocycles. The van der Waals surface area contributed by atoms with Gasteiger partial charge in [-0.25, -0.2) is 0 Å². The molecule has 7 nitrogen and oxygen atoms in total. The lowest BCUT2D eigenvalue weighted by Crippen LogP contribution is -2.42. The van der Waals surface area contributed by atoms with E-state index in [1.807, 2.05) is 4.90 Å². The fourth-order valence-corrected chi connectivity index (χ4v) is 3.22. The Kier molecular flexibility index (Phi) is 8.81. The summed E-state index contributed by atoms with van der Waals surface area (Å²) >= 11 is 0. The van der Waals surface area contributed by atoms with Gasteiger partial charge in [-0.2, -0.15) is 0 Å². The van der Waals surface area contributed by atoms with Crippen molar-refractivity contribution < 1.29 is 14.0 Å². The molecule has 0 aromatic rings. The van der Waals surface area contributed by atoms with Crippen LogP contribution in [0.4, 0.5) is 0 Å². The highest BCUT2D eigenvalue weighted by Crippen LogP contribution is 2.41. The maximum atomic E-state index is 11.8. The lowest BCUT2D eigenvalue weighted by Gasteiger charge is -2.25. The molecule has 4 N–H and O–H groups in total. The SMILES string of the molecule is CCOP(=O)(O)CN1CCNCCNCCNCC1. The lowest BCUT2D eigenvalue weighted by molar-refractivity contribution is 0.234. The van der Waals surface area contributed by atoms with E-state index in [1.54, 1.807) is 6.92 Å². The predicted octanol–water partition coefficient (Wildman–Crippen LogP) is -0.750. The summed E-state index contributed by atoms with van der Waals surface area (Å²) in [6.45, 7) is 8.84. The first kappa shape index (κ1) is 17.0. The molecule has 1 rings (SSSR count). The molecule has 1 saturated heterocycles. The molecule has 1 fully saturated rings. The molecule has 8 heteroatoms. The van der Waals surface area contributed by atoms with Crippen LogP contribution >= 0.6 is 7.60 Å². The average molecular weight is 294 g/mol. The van der Waals surface area contributed by atoms with Gasteiger partial charge >= 0.3 is 7.60 Å². The fraction of sp³-hybridized carbons (Fsp3) is 1.00. The number of nitrogens with one attached hydrogen (secondary N) is 3. The quantitative estimate of drug-likeness (QED) is 0.508. The summed E-state index contributed by atoms with van der Waals surface area (Å²) in [5, 5.41) is 9.95. The second-order valence-corrected chi connectivity index (χ2v) is 6.38. The van der Waals surface area contributed by atoms with Crippen molar-refractivity contribution in [3.05, 3.63) is 0 Å². The Balaban J connectivity index is 2.40. The van der Waals surface area contributed by atoms with E-state index in [4.69, 9.17) is 4.52 Å². The van der Waals surface area contributed by atoms with Gasteiger partial charge in [0.15, 0.2) is 0 Å². The van der Waals surface area contributed by atoms with Crippen LogP contribution in [0.15, 0.2) is 0 Å². The molecule has 1 unspecified atom stereocenters. The summed E-state index contributed by atoms with van der Waals surface area (Å²) in [5.74, 6) is 0. The molecule has 19 heavy (non-hydrogen) atoms. The maximum absolute atomic E-state index is 11.8. The van der Waals surface area contributed by atoms with Crippen molar-refractivity contribution in [3.63, 3.8) is 0 Å². The van der Waals surface area contributed by atoms with Crippen LogP contribution in [0, 0.1) is 0 Å². The topological polar surface area (TPSA) is 85.9 Å². The van der Waals surface area contributed by atoms with Gasteiger partial charge in [0.2, 0.25) is 0 Å². The fourth-order valence-electron chi connectivity index (χ4n) is 1.95. The molecule has 1 heterocycles. The average Bonchev–Trinajstić information content (AvgIpc) is 2.32. The first-order valence-corrected chi connectivity index (χ1v) is 8.71. The Morgan fingerprint density at radius 3 is 2.00 bits per heavy atom. The van der Waals surface area contributed by atoms with Gasteiger partial charge in [-0.1, -0.05) is 0 Å². The van der Waals surface area contributed by atoms with Crippen molar-refractivity contribution in [2.75, 3.05) is 65.3 Å². The normalized spacial score (nSPS) is 24.1. The van der Waals surface area contributed by atoms with E-state index < -0.39 is 7.60 Å². The van der Waals surface area contributed by atoms with Crippen molar-refractivity contribution in [2.24, 2.45) is 0 Å². The van der Waals surface area contributed by atoms with Crippen LogP contribution in [-0.4, -0.2) is 75.0 Å². The molecule has 0 bridgehead atoms. The van der Waals surface area contributed by atoms with Crippen molar-refractivity contribution >= 4 is 7.60 Å². The number of hydrogen-bond donors (Lipinski definition) is 4. The third-order valence-corrected chi connectivity index (χ3v) is 4.30. The van der Waals surface area contributed by atoms with E-state index in [2.05, 4.69) is 16.0 Å². The Bertz CT molecular complexity index is 269. The molecule has 0 aromatic heterocycles. The highest BCUT2D eigenvalue weighted by Gasteiger charge is 2.22. The monoisotopic (exact) mass is 294 g/mol. The third-order valence-electron chi connectivity index (χ3n) is 2.88. The van der Waals surface area contributed by atoms with Crippen LogP contribution in [0.25, 0.3) is 0 Å². The van der Waals surface area contributed by atoms with Gasteiger partial charge in [0.25, 0.3) is 0 Å². The Morgan fingerprint density at radius 1 is 1.05 bits per heavy atom. The molecule has 0 aliphatic carbocycles. The minimum absolute atomic E-state index is 0.0997. The second kappa shape index (κ2) is 9.83. The van der Waals surface area contributed by atoms with E-state index in [0.717, 1.165) is 52.4 Å². The summed E-state index contributed by atoms with van der Waals surface area (Å²) in [4.78, 5) is 11.7. The van der Waals surface area contributed by atoms with Crippen LogP contribution < -0.4 is 16.0 Å². The maximum Gasteiger partial charge on any atom is 0.341 e. The van der Waals surface area contributed by atoms with Gasteiger partial charge in [-0.3, -0.25) is 9.46 Å². The molecule has 0 amide bonds. The predicted molar refractivity (Wildman–Crippen MR) is 76.5 cm³/mol. The summed E-state index contributed by atoms with van der Waals surface area (Å²) in [5.41, 5.74) is 0. The van der Waals surface area contributed by atoms with Gasteiger partial charge in [-0.15, -0.1) is 0 Å². The third kappa shape index (κ3) is 8.70. The molecule has 1 aliphatic rings. The first-order chi connectivity index (χ1) is 9.14. The highest BCUT2D eigenvalue weighted by molar-refractivity contribution is 7.52. The lowest BCUT2D eigenvalue weighted by atomic mass is 10.4. The van der Waals surface area contributed by atoms with Gasteiger partial charge in [0, 0.05) is 52.4 Å². The molecule has 0 radical (unpaired) electrons. The van der Waals surface area contributed by atoms with Gasteiger partial charge in [0.05, 0.1) is 6.61 Å². The smallest absolute Gasteiger partial charge is 0.323 e. The number of nitrogens with zero attached hydrogens (tertiary/aromatic N) is 1. The Morgan fingerprint density at radius 2 is 1.53 bits per heavy atom. The summed E-state index contributed by atoms with van der Waals surface area (Å²) in [6.07, 6.45) is 0.0997. The molecule has 114 valence electrons. The highest BCUT2D eigenvalue weighted by atomic mass is 31.2. The van der Waals surface area contributed by atoms with E-state index in [0.29, 0.717) is 0 Å². The molecular formula is C11H27N4O3P. The van der Waals surface area contributed by atoms with Crippen molar-refractivity contribution in [2.45, 2.75) is 6.92 Å². The molecule has 0 spiro atoms. The van der Waals surface area contributed by atoms with Crippen molar-refractivity contribution in [1.29, 1.82) is 0 Å². The zero-order valence-corrected chi connectivity index (χ0v) is 12.6. The number of rotatable bonds is 4. The molecule has 1 aliphatic heterocycles. The molecular weight excluding hydrogens is 267 g/mol. The van der Waals surface area contributed by atoms with Crippen LogP contribution in [0.2, 0.25) is 0 Å². The molecule has 0 aromatic carbocycles. The van der Waals surface area contributed by atoms with E-state index in [1.165, 1.54) is 0 Å². The van der Waals surface area contributed by atoms with E-state index in [-0.39, 0.29) is 12.9 Å². The van der Waals surface area contributed by atoms with Gasteiger partial charge in [-0.05, 0) is 6.92 Å². The molecule has 1 atom stereocenters. The summed E-state index contributed by atoms with van der Waals surface area (Å²) < 4.78 is 16.7. The minimum Gasteiger partial charge on any atom is -0.323 e. The standard InChI is InChI=1S/C11H27N4O3P/c1-2-18-19(16,17)11-15-9-7-13-5-3-12-4-6-14-8-10-15/h12-14H,2-11H2,1H3,(H,16,17). The Labute approximate surface area is 115 Å². The Hall–Kier alpha value is -0.0100. The van der Waals surface area contributed by atoms with Crippen molar-refractivity contribution in [1.82, 2.24) is 20.9 Å². The number of hydrogen-bond acceptors (Lipinski definition) is 6. The second-order valence-electron chi connectivity index (χ2n) is 4.56. The van der Waals surface area contributed by atoms with Crippen LogP contribution in [0.5, 0.6) is 0 Å². The van der Waals surface area contributed by atoms with Crippen LogP contribution in [0.3, 0.4) is 0 Å². The summed E-state index contributed by atoms with van der Waals surface area (Å²) in [6, 6.07) is 0. The minimum atomic E-state index is -3.48. The van der Waals surface area contributed by atoms with Crippen molar-refractivity contribution in [3.8, 4) is 0 Å². The first-order valence-electron chi connectivity index (χ1n) is 6.95. The van der Waals surface area contributed by atoms with E-state index >= 15 is 0 Å². The van der Waals surface area contributed by atoms with Gasteiger partial charge in [0.1, 0.15) is 6.29 Å². The summed E-state index contributed by atoms with van der Waals surface area (Å²) in [7, 11) is -3.48. The van der Waals surface area contributed by atoms with Gasteiger partial charge < -0.3 is 25.4 Å².